The highest BCUT2D eigenvalue weighted by Gasteiger charge is 2.26. The molecule has 6 nitrogen and oxygen atoms in total. The second kappa shape index (κ2) is 16.1. The van der Waals surface area contributed by atoms with Gasteiger partial charge in [-0.05, 0) is 38.1 Å². The van der Waals surface area contributed by atoms with Crippen molar-refractivity contribution in [2.75, 3.05) is 66.2 Å². The van der Waals surface area contributed by atoms with Crippen LogP contribution >= 0.6 is 35.6 Å². The summed E-state index contributed by atoms with van der Waals surface area (Å²) in [5.41, 5.74) is 1.15. The standard InChI is InChI=1S/C23H39ClN4O2.HI/c1-5-25-23(28-13-12-19(17-28)18-30-15-14-29-4)26-16-22(27(6-2)7-3)20-10-8-9-11-21(20)24;/h8-11,19,22H,5-7,12-18H2,1-4H3,(H,25,26);1H. The van der Waals surface area contributed by atoms with Gasteiger partial charge in [-0.25, -0.2) is 0 Å². The van der Waals surface area contributed by atoms with Crippen molar-refractivity contribution >= 4 is 41.5 Å². The molecule has 1 aromatic carbocycles. The summed E-state index contributed by atoms with van der Waals surface area (Å²) in [4.78, 5) is 9.83. The molecule has 2 unspecified atom stereocenters. The van der Waals surface area contributed by atoms with E-state index in [0.29, 0.717) is 25.7 Å². The fourth-order valence-corrected chi connectivity index (χ4v) is 4.23. The summed E-state index contributed by atoms with van der Waals surface area (Å²) < 4.78 is 10.8. The first-order valence-electron chi connectivity index (χ1n) is 11.2. The Hall–Kier alpha value is -0.610. The van der Waals surface area contributed by atoms with Crippen molar-refractivity contribution < 1.29 is 9.47 Å². The van der Waals surface area contributed by atoms with E-state index < -0.39 is 0 Å². The minimum atomic E-state index is 0. The fraction of sp³-hybridized carbons (Fsp3) is 0.696. The normalized spacial score (nSPS) is 17.7. The summed E-state index contributed by atoms with van der Waals surface area (Å²) in [5, 5.41) is 4.29. The van der Waals surface area contributed by atoms with E-state index in [1.807, 2.05) is 12.1 Å². The SMILES string of the molecule is CCNC(=NCC(c1ccccc1Cl)N(CC)CC)N1CCC(COCCOC)C1.I. The van der Waals surface area contributed by atoms with E-state index in [-0.39, 0.29) is 30.0 Å². The third-order valence-corrected chi connectivity index (χ3v) is 5.98. The third kappa shape index (κ3) is 9.04. The van der Waals surface area contributed by atoms with Gasteiger partial charge in [0.2, 0.25) is 0 Å². The average molecular weight is 567 g/mol. The molecule has 178 valence electrons. The molecule has 0 bridgehead atoms. The van der Waals surface area contributed by atoms with Crippen LogP contribution in [0.15, 0.2) is 29.3 Å². The van der Waals surface area contributed by atoms with E-state index in [1.165, 1.54) is 0 Å². The molecule has 1 N–H and O–H groups in total. The van der Waals surface area contributed by atoms with Gasteiger partial charge in [-0.2, -0.15) is 0 Å². The van der Waals surface area contributed by atoms with Crippen LogP contribution in [0, 0.1) is 5.92 Å². The van der Waals surface area contributed by atoms with Gasteiger partial charge in [-0.15, -0.1) is 24.0 Å². The Morgan fingerprint density at radius 1 is 1.26 bits per heavy atom. The molecule has 31 heavy (non-hydrogen) atoms. The second-order valence-electron chi connectivity index (χ2n) is 7.62. The van der Waals surface area contributed by atoms with Crippen molar-refractivity contribution in [3.8, 4) is 0 Å². The number of benzene rings is 1. The zero-order chi connectivity index (χ0) is 21.8. The van der Waals surface area contributed by atoms with E-state index in [9.17, 15) is 0 Å². The molecule has 1 fully saturated rings. The first-order valence-corrected chi connectivity index (χ1v) is 11.6. The first-order chi connectivity index (χ1) is 14.6. The minimum Gasteiger partial charge on any atom is -0.382 e. The van der Waals surface area contributed by atoms with Gasteiger partial charge in [0, 0.05) is 37.7 Å². The number of likely N-dealkylation sites (tertiary alicyclic amines) is 1. The number of rotatable bonds is 12. The van der Waals surface area contributed by atoms with Gasteiger partial charge >= 0.3 is 0 Å². The molecule has 1 aromatic rings. The largest absolute Gasteiger partial charge is 0.382 e. The van der Waals surface area contributed by atoms with Gasteiger partial charge in [-0.3, -0.25) is 9.89 Å². The molecule has 0 saturated carbocycles. The zero-order valence-corrected chi connectivity index (χ0v) is 22.6. The monoisotopic (exact) mass is 566 g/mol. The van der Waals surface area contributed by atoms with Crippen molar-refractivity contribution in [1.82, 2.24) is 15.1 Å². The number of methoxy groups -OCH3 is 1. The molecule has 2 rings (SSSR count). The number of nitrogens with one attached hydrogen (secondary N) is 1. The van der Waals surface area contributed by atoms with Gasteiger partial charge in [0.15, 0.2) is 5.96 Å². The maximum absolute atomic E-state index is 6.55. The highest BCUT2D eigenvalue weighted by molar-refractivity contribution is 14.0. The van der Waals surface area contributed by atoms with Crippen molar-refractivity contribution in [2.45, 2.75) is 33.2 Å². The molecular formula is C23H40ClIN4O2. The molecule has 2 atom stereocenters. The van der Waals surface area contributed by atoms with E-state index >= 15 is 0 Å². The molecule has 0 amide bonds. The van der Waals surface area contributed by atoms with Crippen LogP contribution in [0.25, 0.3) is 0 Å². The molecule has 1 saturated heterocycles. The van der Waals surface area contributed by atoms with Crippen molar-refractivity contribution in [1.29, 1.82) is 0 Å². The Morgan fingerprint density at radius 2 is 2.00 bits per heavy atom. The Labute approximate surface area is 210 Å². The Balaban J connectivity index is 0.00000480. The van der Waals surface area contributed by atoms with E-state index in [0.717, 1.165) is 62.3 Å². The van der Waals surface area contributed by atoms with Gasteiger partial charge < -0.3 is 19.7 Å². The van der Waals surface area contributed by atoms with Gasteiger partial charge in [0.05, 0.1) is 32.4 Å². The average Bonchev–Trinajstić information content (AvgIpc) is 3.23. The van der Waals surface area contributed by atoms with Gasteiger partial charge in [0.25, 0.3) is 0 Å². The number of ether oxygens (including phenoxy) is 2. The van der Waals surface area contributed by atoms with Crippen LogP contribution in [0.2, 0.25) is 5.02 Å². The summed E-state index contributed by atoms with van der Waals surface area (Å²) in [7, 11) is 1.70. The molecule has 1 aliphatic heterocycles. The van der Waals surface area contributed by atoms with Crippen LogP contribution in [0.5, 0.6) is 0 Å². The van der Waals surface area contributed by atoms with Crippen molar-refractivity contribution in [3.63, 3.8) is 0 Å². The lowest BCUT2D eigenvalue weighted by Gasteiger charge is -2.30. The van der Waals surface area contributed by atoms with Crippen molar-refractivity contribution in [3.05, 3.63) is 34.9 Å². The first kappa shape index (κ1) is 28.4. The van der Waals surface area contributed by atoms with Crippen LogP contribution in [0.3, 0.4) is 0 Å². The lowest BCUT2D eigenvalue weighted by Crippen LogP contribution is -2.41. The van der Waals surface area contributed by atoms with Gasteiger partial charge in [-0.1, -0.05) is 43.6 Å². The molecule has 0 radical (unpaired) electrons. The van der Waals surface area contributed by atoms with Gasteiger partial charge in [0.1, 0.15) is 0 Å². The maximum Gasteiger partial charge on any atom is 0.193 e. The summed E-state index contributed by atoms with van der Waals surface area (Å²) in [6.45, 7) is 14.0. The molecule has 0 aromatic heterocycles. The van der Waals surface area contributed by atoms with E-state index in [2.05, 4.69) is 48.0 Å². The van der Waals surface area contributed by atoms with Crippen LogP contribution in [0.4, 0.5) is 0 Å². The Morgan fingerprint density at radius 3 is 2.65 bits per heavy atom. The molecule has 8 heteroatoms. The number of halogens is 2. The predicted molar refractivity (Wildman–Crippen MR) is 141 cm³/mol. The summed E-state index contributed by atoms with van der Waals surface area (Å²) in [6, 6.07) is 8.30. The molecule has 1 aliphatic rings. The summed E-state index contributed by atoms with van der Waals surface area (Å²) in [5.74, 6) is 1.52. The highest BCUT2D eigenvalue weighted by atomic mass is 127. The smallest absolute Gasteiger partial charge is 0.193 e. The van der Waals surface area contributed by atoms with E-state index in [1.54, 1.807) is 7.11 Å². The highest BCUT2D eigenvalue weighted by Crippen LogP contribution is 2.28. The van der Waals surface area contributed by atoms with Crippen LogP contribution in [-0.4, -0.2) is 82.0 Å². The van der Waals surface area contributed by atoms with Crippen molar-refractivity contribution in [2.24, 2.45) is 10.9 Å². The summed E-state index contributed by atoms with van der Waals surface area (Å²) >= 11 is 6.55. The molecule has 0 aliphatic carbocycles. The Kier molecular flexibility index (Phi) is 14.7. The number of likely N-dealkylation sites (N-methyl/N-ethyl adjacent to an activating group) is 1. The van der Waals surface area contributed by atoms with Crippen LogP contribution in [-0.2, 0) is 9.47 Å². The second-order valence-corrected chi connectivity index (χ2v) is 8.03. The number of nitrogens with zero attached hydrogens (tertiary/aromatic N) is 3. The fourth-order valence-electron chi connectivity index (χ4n) is 3.97. The third-order valence-electron chi connectivity index (χ3n) is 5.64. The number of hydrogen-bond donors (Lipinski definition) is 1. The number of aliphatic imine (C=N–C) groups is 1. The van der Waals surface area contributed by atoms with E-state index in [4.69, 9.17) is 26.1 Å². The number of hydrogen-bond acceptors (Lipinski definition) is 4. The van der Waals surface area contributed by atoms with Crippen LogP contribution in [0.1, 0.15) is 38.8 Å². The maximum atomic E-state index is 6.55. The lowest BCUT2D eigenvalue weighted by atomic mass is 10.1. The number of guanidine groups is 1. The van der Waals surface area contributed by atoms with Crippen LogP contribution < -0.4 is 5.32 Å². The molecular weight excluding hydrogens is 527 g/mol. The Bertz CT molecular complexity index is 646. The topological polar surface area (TPSA) is 49.3 Å². The lowest BCUT2D eigenvalue weighted by molar-refractivity contribution is 0.0536. The summed E-state index contributed by atoms with van der Waals surface area (Å²) in [6.07, 6.45) is 1.13. The quantitative estimate of drug-likeness (QED) is 0.177. The predicted octanol–water partition coefficient (Wildman–Crippen LogP) is 4.29. The zero-order valence-electron chi connectivity index (χ0n) is 19.5. The minimum absolute atomic E-state index is 0. The molecule has 1 heterocycles. The molecule has 0 spiro atoms.